The molecule has 1 atom stereocenters. The summed E-state index contributed by atoms with van der Waals surface area (Å²) in [5.41, 5.74) is 2.24. The van der Waals surface area contributed by atoms with Gasteiger partial charge in [0, 0.05) is 23.3 Å². The second-order valence-corrected chi connectivity index (χ2v) is 5.03. The van der Waals surface area contributed by atoms with Crippen LogP contribution in [0, 0.1) is 0 Å². The lowest BCUT2D eigenvalue weighted by atomic mass is 10.2. The minimum Gasteiger partial charge on any atom is -0.369 e. The van der Waals surface area contributed by atoms with E-state index in [9.17, 15) is 4.79 Å². The third-order valence-corrected chi connectivity index (χ3v) is 3.47. The van der Waals surface area contributed by atoms with Crippen molar-refractivity contribution in [3.8, 4) is 0 Å². The number of hydrogen-bond donors (Lipinski definition) is 0. The van der Waals surface area contributed by atoms with E-state index in [0.717, 1.165) is 23.1 Å². The van der Waals surface area contributed by atoms with E-state index in [0.29, 0.717) is 6.61 Å². The summed E-state index contributed by atoms with van der Waals surface area (Å²) in [4.78, 5) is 14.0. The summed E-state index contributed by atoms with van der Waals surface area (Å²) in [6.07, 6.45) is 0.553. The maximum absolute atomic E-state index is 12.2. The zero-order chi connectivity index (χ0) is 12.4. The first-order chi connectivity index (χ1) is 8.13. The molecule has 0 saturated heterocycles. The molecule has 2 rings (SSSR count). The number of carbonyl (C=O) groups excluding carboxylic acids is 1. The van der Waals surface area contributed by atoms with Gasteiger partial charge < -0.3 is 9.64 Å². The van der Waals surface area contributed by atoms with Crippen LogP contribution < -0.4 is 4.90 Å². The van der Waals surface area contributed by atoms with Crippen molar-refractivity contribution in [3.63, 3.8) is 0 Å². The number of halogens is 1. The van der Waals surface area contributed by atoms with Crippen molar-refractivity contribution in [2.75, 3.05) is 18.1 Å². The molecule has 1 aromatic rings. The van der Waals surface area contributed by atoms with E-state index in [1.54, 1.807) is 0 Å². The summed E-state index contributed by atoms with van der Waals surface area (Å²) in [5.74, 6) is 0.0451. The maximum atomic E-state index is 12.2. The first-order valence-electron chi connectivity index (χ1n) is 5.85. The molecule has 0 spiro atoms. The maximum Gasteiger partial charge on any atom is 0.255 e. The van der Waals surface area contributed by atoms with Gasteiger partial charge in [-0.15, -0.1) is 0 Å². The largest absolute Gasteiger partial charge is 0.369 e. The number of hydrogen-bond acceptors (Lipinski definition) is 2. The van der Waals surface area contributed by atoms with Crippen LogP contribution in [-0.2, 0) is 16.0 Å². The number of nitrogens with zero attached hydrogens (tertiary/aromatic N) is 1. The lowest BCUT2D eigenvalue weighted by Crippen LogP contribution is -2.38. The van der Waals surface area contributed by atoms with Gasteiger partial charge in [0.05, 0.1) is 0 Å². The van der Waals surface area contributed by atoms with Gasteiger partial charge in [-0.1, -0.05) is 22.0 Å². The zero-order valence-corrected chi connectivity index (χ0v) is 11.7. The molecule has 1 aromatic carbocycles. The molecule has 0 saturated carbocycles. The molecule has 0 radical (unpaired) electrons. The van der Waals surface area contributed by atoms with Crippen molar-refractivity contribution >= 4 is 27.5 Å². The molecule has 0 aliphatic carbocycles. The van der Waals surface area contributed by atoms with Crippen LogP contribution in [0.3, 0.4) is 0 Å². The number of anilines is 1. The van der Waals surface area contributed by atoms with E-state index >= 15 is 0 Å². The molecular formula is C13H16BrNO2. The predicted octanol–water partition coefficient (Wildman–Crippen LogP) is 2.76. The van der Waals surface area contributed by atoms with Crippen LogP contribution in [0.1, 0.15) is 19.4 Å². The minimum absolute atomic E-state index is 0.0451. The van der Waals surface area contributed by atoms with Gasteiger partial charge in [-0.3, -0.25) is 4.79 Å². The summed E-state index contributed by atoms with van der Waals surface area (Å²) < 4.78 is 6.36. The Morgan fingerprint density at radius 1 is 1.59 bits per heavy atom. The predicted molar refractivity (Wildman–Crippen MR) is 71.3 cm³/mol. The monoisotopic (exact) mass is 297 g/mol. The SMILES string of the molecule is CCOC(C)C(=O)N1CCc2ccc(Br)cc21. The van der Waals surface area contributed by atoms with E-state index in [1.807, 2.05) is 30.9 Å². The average molecular weight is 298 g/mol. The lowest BCUT2D eigenvalue weighted by Gasteiger charge is -2.21. The lowest BCUT2D eigenvalue weighted by molar-refractivity contribution is -0.128. The van der Waals surface area contributed by atoms with E-state index in [1.165, 1.54) is 5.56 Å². The Balaban J connectivity index is 2.21. The highest BCUT2D eigenvalue weighted by Gasteiger charge is 2.28. The number of amides is 1. The van der Waals surface area contributed by atoms with Gasteiger partial charge in [-0.05, 0) is 38.0 Å². The zero-order valence-electron chi connectivity index (χ0n) is 10.1. The van der Waals surface area contributed by atoms with Crippen molar-refractivity contribution in [2.24, 2.45) is 0 Å². The molecule has 17 heavy (non-hydrogen) atoms. The Kier molecular flexibility index (Phi) is 3.84. The summed E-state index contributed by atoms with van der Waals surface area (Å²) >= 11 is 3.44. The van der Waals surface area contributed by atoms with Gasteiger partial charge in [0.2, 0.25) is 0 Å². The van der Waals surface area contributed by atoms with Crippen LogP contribution in [0.2, 0.25) is 0 Å². The van der Waals surface area contributed by atoms with Gasteiger partial charge in [0.25, 0.3) is 5.91 Å². The molecule has 1 aliphatic heterocycles. The second kappa shape index (κ2) is 5.19. The highest BCUT2D eigenvalue weighted by molar-refractivity contribution is 9.10. The minimum atomic E-state index is -0.370. The Bertz CT molecular complexity index is 433. The Hall–Kier alpha value is -0.870. The highest BCUT2D eigenvalue weighted by atomic mass is 79.9. The fourth-order valence-electron chi connectivity index (χ4n) is 2.12. The number of ether oxygens (including phenoxy) is 1. The Morgan fingerprint density at radius 2 is 2.35 bits per heavy atom. The number of benzene rings is 1. The van der Waals surface area contributed by atoms with Gasteiger partial charge in [0.1, 0.15) is 6.10 Å². The van der Waals surface area contributed by atoms with Crippen molar-refractivity contribution in [1.82, 2.24) is 0 Å². The molecule has 4 heteroatoms. The van der Waals surface area contributed by atoms with Crippen LogP contribution >= 0.6 is 15.9 Å². The van der Waals surface area contributed by atoms with Gasteiger partial charge >= 0.3 is 0 Å². The molecular weight excluding hydrogens is 282 g/mol. The van der Waals surface area contributed by atoms with Crippen LogP contribution in [0.4, 0.5) is 5.69 Å². The van der Waals surface area contributed by atoms with Crippen LogP contribution in [0.15, 0.2) is 22.7 Å². The highest BCUT2D eigenvalue weighted by Crippen LogP contribution is 2.31. The molecule has 1 unspecified atom stereocenters. The molecule has 0 bridgehead atoms. The van der Waals surface area contributed by atoms with E-state index < -0.39 is 0 Å². The van der Waals surface area contributed by atoms with Gasteiger partial charge in [-0.25, -0.2) is 0 Å². The molecule has 1 heterocycles. The van der Waals surface area contributed by atoms with Gasteiger partial charge in [0.15, 0.2) is 0 Å². The van der Waals surface area contributed by atoms with Crippen LogP contribution in [-0.4, -0.2) is 25.2 Å². The first-order valence-corrected chi connectivity index (χ1v) is 6.64. The molecule has 0 fully saturated rings. The summed E-state index contributed by atoms with van der Waals surface area (Å²) in [5, 5.41) is 0. The second-order valence-electron chi connectivity index (χ2n) is 4.11. The van der Waals surface area contributed by atoms with E-state index in [-0.39, 0.29) is 12.0 Å². The summed E-state index contributed by atoms with van der Waals surface area (Å²) in [7, 11) is 0. The van der Waals surface area contributed by atoms with Crippen molar-refractivity contribution in [2.45, 2.75) is 26.4 Å². The molecule has 0 aromatic heterocycles. The van der Waals surface area contributed by atoms with Crippen LogP contribution in [0.5, 0.6) is 0 Å². The summed E-state index contributed by atoms with van der Waals surface area (Å²) in [6, 6.07) is 6.08. The average Bonchev–Trinajstić information content (AvgIpc) is 2.71. The fraction of sp³-hybridized carbons (Fsp3) is 0.462. The van der Waals surface area contributed by atoms with Crippen LogP contribution in [0.25, 0.3) is 0 Å². The molecule has 1 aliphatic rings. The smallest absolute Gasteiger partial charge is 0.255 e. The number of rotatable bonds is 3. The number of fused-ring (bicyclic) bond motifs is 1. The van der Waals surface area contributed by atoms with Gasteiger partial charge in [-0.2, -0.15) is 0 Å². The van der Waals surface area contributed by atoms with E-state index in [4.69, 9.17) is 4.74 Å². The first kappa shape index (κ1) is 12.6. The molecule has 1 amide bonds. The molecule has 3 nitrogen and oxygen atoms in total. The molecule has 92 valence electrons. The third kappa shape index (κ3) is 2.53. The Labute approximate surface area is 110 Å². The van der Waals surface area contributed by atoms with Crippen molar-refractivity contribution in [1.29, 1.82) is 0 Å². The quantitative estimate of drug-likeness (QED) is 0.859. The van der Waals surface area contributed by atoms with Crippen molar-refractivity contribution < 1.29 is 9.53 Å². The standard InChI is InChI=1S/C13H16BrNO2/c1-3-17-9(2)13(16)15-7-6-10-4-5-11(14)8-12(10)15/h4-5,8-9H,3,6-7H2,1-2H3. The van der Waals surface area contributed by atoms with E-state index in [2.05, 4.69) is 22.0 Å². The third-order valence-electron chi connectivity index (χ3n) is 2.97. The normalized spacial score (nSPS) is 15.8. The number of carbonyl (C=O) groups is 1. The summed E-state index contributed by atoms with van der Waals surface area (Å²) in [6.45, 7) is 5.02. The fourth-order valence-corrected chi connectivity index (χ4v) is 2.47. The van der Waals surface area contributed by atoms with Crippen molar-refractivity contribution in [3.05, 3.63) is 28.2 Å². The molecule has 0 N–H and O–H groups in total. The Morgan fingerprint density at radius 3 is 3.06 bits per heavy atom. The topological polar surface area (TPSA) is 29.5 Å².